The lowest BCUT2D eigenvalue weighted by molar-refractivity contribution is -0.113. The molecule has 10 nitrogen and oxygen atoms in total. The van der Waals surface area contributed by atoms with Gasteiger partial charge < -0.3 is 24.4 Å². The summed E-state index contributed by atoms with van der Waals surface area (Å²) in [5.41, 5.74) is 3.93. The van der Waals surface area contributed by atoms with E-state index < -0.39 is 12.2 Å². The van der Waals surface area contributed by atoms with Crippen LogP contribution in [0.1, 0.15) is 50.5 Å². The highest BCUT2D eigenvalue weighted by atomic mass is 16.5. The highest BCUT2D eigenvalue weighted by Crippen LogP contribution is 2.31. The largest absolute Gasteiger partial charge is 0.495 e. The number of cyclic esters (lactones) is 1. The molecule has 2 fully saturated rings. The SMILES string of the molecule is COc1cc(C(O)CN2[C@@H]3COC[C@H]2CN(C[C@H](O)c2ccc4c(c2C)COC4=O)C3)ncc1C#N. The van der Waals surface area contributed by atoms with Gasteiger partial charge in [0, 0.05) is 56.1 Å². The number of aromatic nitrogens is 1. The molecule has 2 aromatic rings. The summed E-state index contributed by atoms with van der Waals surface area (Å²) in [6.07, 6.45) is -0.116. The number of nitrogens with zero attached hydrogens (tertiary/aromatic N) is 4. The minimum Gasteiger partial charge on any atom is -0.495 e. The van der Waals surface area contributed by atoms with Gasteiger partial charge in [0.25, 0.3) is 0 Å². The van der Waals surface area contributed by atoms with Crippen molar-refractivity contribution < 1.29 is 29.2 Å². The first-order chi connectivity index (χ1) is 17.4. The van der Waals surface area contributed by atoms with Crippen molar-refractivity contribution in [3.8, 4) is 11.8 Å². The van der Waals surface area contributed by atoms with Gasteiger partial charge >= 0.3 is 5.97 Å². The van der Waals surface area contributed by atoms with Gasteiger partial charge in [-0.25, -0.2) is 4.79 Å². The highest BCUT2D eigenvalue weighted by molar-refractivity contribution is 5.93. The summed E-state index contributed by atoms with van der Waals surface area (Å²) >= 11 is 0. The predicted molar refractivity (Wildman–Crippen MR) is 127 cm³/mol. The molecule has 0 saturated carbocycles. The summed E-state index contributed by atoms with van der Waals surface area (Å²) in [6.45, 7) is 5.48. The minimum atomic E-state index is -0.842. The normalized spacial score (nSPS) is 23.5. The second kappa shape index (κ2) is 10.1. The van der Waals surface area contributed by atoms with Gasteiger partial charge in [-0.2, -0.15) is 5.26 Å². The molecule has 0 aliphatic carbocycles. The van der Waals surface area contributed by atoms with E-state index >= 15 is 0 Å². The molecule has 2 saturated heterocycles. The van der Waals surface area contributed by atoms with Gasteiger partial charge in [0.05, 0.1) is 37.7 Å². The van der Waals surface area contributed by atoms with Gasteiger partial charge in [-0.3, -0.25) is 14.8 Å². The third-order valence-corrected chi connectivity index (χ3v) is 7.45. The molecule has 10 heteroatoms. The topological polar surface area (TPSA) is 128 Å². The molecule has 0 amide bonds. The lowest BCUT2D eigenvalue weighted by Crippen LogP contribution is -2.65. The number of hydrogen-bond donors (Lipinski definition) is 2. The number of fused-ring (bicyclic) bond motifs is 3. The molecular formula is C26H30N4O6. The quantitative estimate of drug-likeness (QED) is 0.540. The Kier molecular flexibility index (Phi) is 6.92. The van der Waals surface area contributed by atoms with Crippen LogP contribution in [-0.2, 0) is 16.1 Å². The molecule has 3 aliphatic rings. The number of ether oxygens (including phenoxy) is 3. The number of methoxy groups -OCH3 is 1. The molecule has 1 aromatic heterocycles. The molecule has 0 spiro atoms. The van der Waals surface area contributed by atoms with Crippen LogP contribution in [0.15, 0.2) is 24.4 Å². The Morgan fingerprint density at radius 1 is 1.22 bits per heavy atom. The van der Waals surface area contributed by atoms with Crippen molar-refractivity contribution in [1.29, 1.82) is 5.26 Å². The average molecular weight is 495 g/mol. The smallest absolute Gasteiger partial charge is 0.338 e. The van der Waals surface area contributed by atoms with E-state index in [4.69, 9.17) is 14.2 Å². The maximum Gasteiger partial charge on any atom is 0.338 e. The van der Waals surface area contributed by atoms with Crippen LogP contribution in [0.4, 0.5) is 0 Å². The summed E-state index contributed by atoms with van der Waals surface area (Å²) in [7, 11) is 1.49. The number of hydrogen-bond acceptors (Lipinski definition) is 10. The number of piperazine rings is 1. The zero-order chi connectivity index (χ0) is 25.4. The Bertz CT molecular complexity index is 1180. The van der Waals surface area contributed by atoms with E-state index in [9.17, 15) is 20.3 Å². The summed E-state index contributed by atoms with van der Waals surface area (Å²) < 4.78 is 16.2. The molecule has 4 heterocycles. The summed E-state index contributed by atoms with van der Waals surface area (Å²) in [4.78, 5) is 20.6. The summed E-state index contributed by atoms with van der Waals surface area (Å²) in [6, 6.07) is 7.33. The first-order valence-electron chi connectivity index (χ1n) is 12.0. The number of esters is 1. The summed E-state index contributed by atoms with van der Waals surface area (Å²) in [5, 5.41) is 31.2. The maximum absolute atomic E-state index is 11.8. The van der Waals surface area contributed by atoms with Gasteiger partial charge in [-0.05, 0) is 24.1 Å². The van der Waals surface area contributed by atoms with E-state index in [0.717, 1.165) is 16.7 Å². The highest BCUT2D eigenvalue weighted by Gasteiger charge is 2.40. The molecule has 1 aromatic carbocycles. The Balaban J connectivity index is 1.25. The Morgan fingerprint density at radius 3 is 2.67 bits per heavy atom. The van der Waals surface area contributed by atoms with E-state index in [-0.39, 0.29) is 24.7 Å². The van der Waals surface area contributed by atoms with Gasteiger partial charge in [0.1, 0.15) is 30.1 Å². The van der Waals surface area contributed by atoms with Crippen molar-refractivity contribution in [1.82, 2.24) is 14.8 Å². The number of aliphatic hydroxyl groups is 2. The molecule has 5 rings (SSSR count). The predicted octanol–water partition coefficient (Wildman–Crippen LogP) is 1.09. The van der Waals surface area contributed by atoms with E-state index in [1.54, 1.807) is 12.1 Å². The fourth-order valence-electron chi connectivity index (χ4n) is 5.51. The van der Waals surface area contributed by atoms with Crippen LogP contribution in [0, 0.1) is 18.3 Å². The van der Waals surface area contributed by atoms with Crippen LogP contribution in [0.5, 0.6) is 5.75 Å². The molecule has 3 aliphatic heterocycles. The van der Waals surface area contributed by atoms with E-state index in [1.165, 1.54) is 13.3 Å². The van der Waals surface area contributed by atoms with Gasteiger partial charge in [0.2, 0.25) is 0 Å². The van der Waals surface area contributed by atoms with Gasteiger partial charge in [-0.1, -0.05) is 6.07 Å². The van der Waals surface area contributed by atoms with Crippen LogP contribution in [0.25, 0.3) is 0 Å². The number of aliphatic hydroxyl groups excluding tert-OH is 2. The number of carbonyl (C=O) groups excluding carboxylic acids is 1. The molecule has 36 heavy (non-hydrogen) atoms. The monoisotopic (exact) mass is 494 g/mol. The zero-order valence-electron chi connectivity index (χ0n) is 20.4. The van der Waals surface area contributed by atoms with Crippen LogP contribution in [0.2, 0.25) is 0 Å². The van der Waals surface area contributed by atoms with Crippen molar-refractivity contribution in [2.45, 2.75) is 37.8 Å². The van der Waals surface area contributed by atoms with Crippen LogP contribution in [0.3, 0.4) is 0 Å². The van der Waals surface area contributed by atoms with Crippen LogP contribution in [-0.4, -0.2) is 89.6 Å². The van der Waals surface area contributed by atoms with Crippen molar-refractivity contribution in [3.05, 3.63) is 57.9 Å². The van der Waals surface area contributed by atoms with Crippen molar-refractivity contribution in [2.75, 3.05) is 46.5 Å². The Morgan fingerprint density at radius 2 is 1.97 bits per heavy atom. The first-order valence-corrected chi connectivity index (χ1v) is 12.0. The molecule has 0 radical (unpaired) electrons. The second-order valence-electron chi connectivity index (χ2n) is 9.60. The number of rotatable bonds is 7. The third kappa shape index (κ3) is 4.56. The molecular weight excluding hydrogens is 464 g/mol. The second-order valence-corrected chi connectivity index (χ2v) is 9.60. The molecule has 2 bridgehead atoms. The van der Waals surface area contributed by atoms with E-state index in [2.05, 4.69) is 14.8 Å². The molecule has 190 valence electrons. The number of nitriles is 1. The Labute approximate surface area is 209 Å². The lowest BCUT2D eigenvalue weighted by atomic mass is 9.94. The minimum absolute atomic E-state index is 0.0618. The zero-order valence-corrected chi connectivity index (χ0v) is 20.4. The molecule has 1 unspecified atom stereocenters. The molecule has 2 N–H and O–H groups in total. The van der Waals surface area contributed by atoms with Crippen molar-refractivity contribution >= 4 is 5.97 Å². The van der Waals surface area contributed by atoms with Gasteiger partial charge in [-0.15, -0.1) is 0 Å². The van der Waals surface area contributed by atoms with Crippen LogP contribution >= 0.6 is 0 Å². The lowest BCUT2D eigenvalue weighted by Gasteiger charge is -2.50. The number of pyridine rings is 1. The molecule has 4 atom stereocenters. The Hall–Kier alpha value is -3.07. The number of benzene rings is 1. The van der Waals surface area contributed by atoms with Gasteiger partial charge in [0.15, 0.2) is 0 Å². The third-order valence-electron chi connectivity index (χ3n) is 7.45. The number of morpholine rings is 1. The number of carbonyl (C=O) groups is 1. The fourth-order valence-corrected chi connectivity index (χ4v) is 5.51. The average Bonchev–Trinajstić information content (AvgIpc) is 3.25. The van der Waals surface area contributed by atoms with Crippen LogP contribution < -0.4 is 4.74 Å². The van der Waals surface area contributed by atoms with Crippen molar-refractivity contribution in [3.63, 3.8) is 0 Å². The maximum atomic E-state index is 11.8. The standard InChI is InChI=1S/C26H30N4O6/c1-15-19(3-4-20-21(15)14-36-26(20)33)23(31)10-29-8-17-12-35-13-18(9-29)30(17)11-24(32)22-5-25(34-2)16(6-27)7-28-22/h3-5,7,17-18,23-24,31-32H,8-14H2,1-2H3/t17-,18+,23-,24?/m0/s1. The first kappa shape index (κ1) is 24.6. The number of β-amino-alcohol motifs (C(OH)–C–C–N with tert-alkyl or cyclic N) is 1. The van der Waals surface area contributed by atoms with Crippen molar-refractivity contribution in [2.24, 2.45) is 0 Å². The van der Waals surface area contributed by atoms with E-state index in [1.807, 2.05) is 19.1 Å². The van der Waals surface area contributed by atoms with E-state index in [0.29, 0.717) is 62.0 Å². The summed E-state index contributed by atoms with van der Waals surface area (Å²) in [5.74, 6) is 0.0802. The fraction of sp³-hybridized carbons (Fsp3) is 0.500.